The van der Waals surface area contributed by atoms with Gasteiger partial charge in [-0.25, -0.2) is 8.78 Å². The van der Waals surface area contributed by atoms with Gasteiger partial charge in [0.05, 0.1) is 0 Å². The molecule has 8 heteroatoms. The number of benzene rings is 2. The molecule has 6 nitrogen and oxygen atoms in total. The SMILES string of the molecule is CCCNCCCNC(=O)[C@H](CCc1ccccc1)N(CC)C(=O)CCC(C)C.CCCO.Cc1cc(F)cc(F)c1. The quantitative estimate of drug-likeness (QED) is 0.196. The largest absolute Gasteiger partial charge is 0.396 e. The maximum atomic E-state index is 13.0. The fourth-order valence-electron chi connectivity index (χ4n) is 4.04. The number of halogens is 2. The van der Waals surface area contributed by atoms with Crippen molar-refractivity contribution >= 4 is 11.8 Å². The summed E-state index contributed by atoms with van der Waals surface area (Å²) in [7, 11) is 0. The average Bonchev–Trinajstić information content (AvgIpc) is 2.96. The molecule has 0 bridgehead atoms. The Bertz CT molecular complexity index is 921. The Kier molecular flexibility index (Phi) is 23.1. The van der Waals surface area contributed by atoms with Crippen molar-refractivity contribution in [3.63, 3.8) is 0 Å². The molecule has 0 aromatic heterocycles. The molecule has 0 unspecified atom stereocenters. The number of nitrogens with one attached hydrogen (secondary N) is 2. The van der Waals surface area contributed by atoms with Gasteiger partial charge < -0.3 is 20.6 Å². The predicted molar refractivity (Wildman–Crippen MR) is 169 cm³/mol. The topological polar surface area (TPSA) is 81.7 Å². The molecule has 2 rings (SSSR count). The Labute approximate surface area is 253 Å². The summed E-state index contributed by atoms with van der Waals surface area (Å²) < 4.78 is 24.4. The summed E-state index contributed by atoms with van der Waals surface area (Å²) in [6.45, 7) is 15.3. The lowest BCUT2D eigenvalue weighted by Gasteiger charge is -2.30. The van der Waals surface area contributed by atoms with Crippen LogP contribution >= 0.6 is 0 Å². The molecule has 238 valence electrons. The molecule has 0 radical (unpaired) electrons. The number of aliphatic hydroxyl groups is 1. The summed E-state index contributed by atoms with van der Waals surface area (Å²) in [4.78, 5) is 27.6. The van der Waals surface area contributed by atoms with Crippen molar-refractivity contribution in [2.24, 2.45) is 5.92 Å². The second-order valence-electron chi connectivity index (χ2n) is 10.7. The second kappa shape index (κ2) is 24.7. The molecular formula is C34H55F2N3O3. The summed E-state index contributed by atoms with van der Waals surface area (Å²) >= 11 is 0. The monoisotopic (exact) mass is 591 g/mol. The summed E-state index contributed by atoms with van der Waals surface area (Å²) in [6.07, 6.45) is 5.66. The molecule has 0 fully saturated rings. The standard InChI is InChI=1S/C24H41N3O2.C7H6F2.C3H8O/c1-5-17-25-18-10-19-26-24(29)22(15-14-21-11-8-7-9-12-21)27(6-2)23(28)16-13-20(3)4;1-5-2-6(8)4-7(9)3-5;1-2-3-4/h7-9,11-12,20,22,25H,5-6,10,13-19H2,1-4H3,(H,26,29);2-4H,1H3;4H,2-3H2,1H3/t22-;;/m0../s1. The van der Waals surface area contributed by atoms with E-state index in [-0.39, 0.29) is 11.8 Å². The van der Waals surface area contributed by atoms with Gasteiger partial charge in [-0.2, -0.15) is 0 Å². The molecule has 3 N–H and O–H groups in total. The summed E-state index contributed by atoms with van der Waals surface area (Å²) in [5.41, 5.74) is 1.80. The number of aryl methyl sites for hydroxylation is 2. The minimum absolute atomic E-state index is 0.0313. The molecule has 0 aliphatic heterocycles. The molecule has 42 heavy (non-hydrogen) atoms. The lowest BCUT2D eigenvalue weighted by Crippen LogP contribution is -2.50. The normalized spacial score (nSPS) is 11.1. The van der Waals surface area contributed by atoms with Crippen molar-refractivity contribution in [3.05, 3.63) is 71.3 Å². The van der Waals surface area contributed by atoms with Crippen LogP contribution in [0.1, 0.15) is 84.3 Å². The van der Waals surface area contributed by atoms with E-state index in [0.29, 0.717) is 44.0 Å². The van der Waals surface area contributed by atoms with Crippen LogP contribution in [0.4, 0.5) is 8.78 Å². The smallest absolute Gasteiger partial charge is 0.242 e. The van der Waals surface area contributed by atoms with Crippen molar-refractivity contribution in [2.75, 3.05) is 32.8 Å². The highest BCUT2D eigenvalue weighted by molar-refractivity contribution is 5.87. The first-order chi connectivity index (χ1) is 20.1. The van der Waals surface area contributed by atoms with Gasteiger partial charge in [0, 0.05) is 32.2 Å². The Hall–Kier alpha value is -2.84. The van der Waals surface area contributed by atoms with E-state index in [1.54, 1.807) is 11.8 Å². The van der Waals surface area contributed by atoms with Crippen molar-refractivity contribution < 1.29 is 23.5 Å². The van der Waals surface area contributed by atoms with Gasteiger partial charge in [0.25, 0.3) is 0 Å². The molecule has 0 spiro atoms. The average molecular weight is 592 g/mol. The summed E-state index contributed by atoms with van der Waals surface area (Å²) in [6, 6.07) is 13.2. The van der Waals surface area contributed by atoms with E-state index in [4.69, 9.17) is 5.11 Å². The number of hydrogen-bond donors (Lipinski definition) is 3. The zero-order valence-electron chi connectivity index (χ0n) is 26.7. The Morgan fingerprint density at radius 2 is 1.52 bits per heavy atom. The first kappa shape index (κ1) is 39.2. The predicted octanol–water partition coefficient (Wildman–Crippen LogP) is 6.44. The lowest BCUT2D eigenvalue weighted by atomic mass is 10.0. The number of carbonyl (C=O) groups is 2. The number of amides is 2. The van der Waals surface area contributed by atoms with Gasteiger partial charge in [-0.05, 0) is 94.6 Å². The van der Waals surface area contributed by atoms with Crippen LogP contribution in [0.5, 0.6) is 0 Å². The Morgan fingerprint density at radius 1 is 0.905 bits per heavy atom. The second-order valence-corrected chi connectivity index (χ2v) is 10.7. The maximum absolute atomic E-state index is 13.0. The molecule has 0 heterocycles. The number of hydrogen-bond acceptors (Lipinski definition) is 4. The zero-order chi connectivity index (χ0) is 31.8. The van der Waals surface area contributed by atoms with Crippen molar-refractivity contribution in [1.29, 1.82) is 0 Å². The minimum atomic E-state index is -0.521. The van der Waals surface area contributed by atoms with E-state index in [0.717, 1.165) is 51.3 Å². The van der Waals surface area contributed by atoms with Gasteiger partial charge >= 0.3 is 0 Å². The third kappa shape index (κ3) is 19.3. The van der Waals surface area contributed by atoms with Crippen LogP contribution in [0.3, 0.4) is 0 Å². The van der Waals surface area contributed by atoms with E-state index >= 15 is 0 Å². The van der Waals surface area contributed by atoms with Crippen LogP contribution in [0.25, 0.3) is 0 Å². The van der Waals surface area contributed by atoms with Crippen LogP contribution in [-0.2, 0) is 16.0 Å². The Balaban J connectivity index is 0.00000106. The third-order valence-corrected chi connectivity index (χ3v) is 6.31. The minimum Gasteiger partial charge on any atom is -0.396 e. The number of rotatable bonds is 16. The molecule has 0 saturated carbocycles. The molecule has 2 amide bonds. The lowest BCUT2D eigenvalue weighted by molar-refractivity contribution is -0.140. The van der Waals surface area contributed by atoms with Gasteiger partial charge in [-0.3, -0.25) is 9.59 Å². The van der Waals surface area contributed by atoms with Gasteiger partial charge in [0.15, 0.2) is 0 Å². The number of likely N-dealkylation sites (N-methyl/N-ethyl adjacent to an activating group) is 1. The van der Waals surface area contributed by atoms with Crippen LogP contribution < -0.4 is 10.6 Å². The van der Waals surface area contributed by atoms with E-state index in [1.807, 2.05) is 32.0 Å². The van der Waals surface area contributed by atoms with E-state index in [1.165, 1.54) is 17.7 Å². The van der Waals surface area contributed by atoms with Crippen LogP contribution in [0.15, 0.2) is 48.5 Å². The molecule has 2 aromatic rings. The van der Waals surface area contributed by atoms with E-state index < -0.39 is 17.7 Å². The number of nitrogens with zero attached hydrogens (tertiary/aromatic N) is 1. The highest BCUT2D eigenvalue weighted by Crippen LogP contribution is 2.14. The Morgan fingerprint density at radius 3 is 2.02 bits per heavy atom. The number of carbonyl (C=O) groups excluding carboxylic acids is 2. The highest BCUT2D eigenvalue weighted by atomic mass is 19.1. The van der Waals surface area contributed by atoms with Crippen molar-refractivity contribution in [1.82, 2.24) is 15.5 Å². The molecule has 0 aliphatic carbocycles. The van der Waals surface area contributed by atoms with E-state index in [9.17, 15) is 18.4 Å². The van der Waals surface area contributed by atoms with Crippen LogP contribution in [0, 0.1) is 24.5 Å². The fourth-order valence-corrected chi connectivity index (χ4v) is 4.04. The first-order valence-corrected chi connectivity index (χ1v) is 15.4. The summed E-state index contributed by atoms with van der Waals surface area (Å²) in [5, 5.41) is 14.3. The van der Waals surface area contributed by atoms with Crippen LogP contribution in [0.2, 0.25) is 0 Å². The van der Waals surface area contributed by atoms with Crippen molar-refractivity contribution in [3.8, 4) is 0 Å². The van der Waals surface area contributed by atoms with Gasteiger partial charge in [0.1, 0.15) is 17.7 Å². The van der Waals surface area contributed by atoms with Gasteiger partial charge in [-0.1, -0.05) is 58.0 Å². The molecule has 0 aliphatic rings. The molecule has 2 aromatic carbocycles. The van der Waals surface area contributed by atoms with Gasteiger partial charge in [-0.15, -0.1) is 0 Å². The first-order valence-electron chi connectivity index (χ1n) is 15.4. The molecule has 1 atom stereocenters. The van der Waals surface area contributed by atoms with E-state index in [2.05, 4.69) is 43.5 Å². The molecular weight excluding hydrogens is 536 g/mol. The fraction of sp³-hybridized carbons (Fsp3) is 0.588. The summed E-state index contributed by atoms with van der Waals surface area (Å²) in [5.74, 6) is -0.514. The number of aliphatic hydroxyl groups excluding tert-OH is 1. The third-order valence-electron chi connectivity index (χ3n) is 6.31. The maximum Gasteiger partial charge on any atom is 0.242 e. The highest BCUT2D eigenvalue weighted by Gasteiger charge is 2.28. The van der Waals surface area contributed by atoms with Crippen LogP contribution in [-0.4, -0.2) is 60.6 Å². The van der Waals surface area contributed by atoms with Gasteiger partial charge in [0.2, 0.25) is 11.8 Å². The molecule has 0 saturated heterocycles. The zero-order valence-corrected chi connectivity index (χ0v) is 26.7. The van der Waals surface area contributed by atoms with Crippen molar-refractivity contribution in [2.45, 2.75) is 92.5 Å².